The van der Waals surface area contributed by atoms with Gasteiger partial charge in [-0.25, -0.2) is 0 Å². The zero-order chi connectivity index (χ0) is 17.3. The van der Waals surface area contributed by atoms with Crippen LogP contribution in [-0.2, 0) is 4.79 Å². The number of halogens is 2. The molecular formula is C19H17Cl2NO2. The van der Waals surface area contributed by atoms with Gasteiger partial charge < -0.3 is 9.69 Å². The number of aldehydes is 1. The van der Waals surface area contributed by atoms with E-state index in [0.717, 1.165) is 17.4 Å². The average molecular weight is 362 g/mol. The largest absolute Gasteiger partial charge is 0.331 e. The van der Waals surface area contributed by atoms with Crippen LogP contribution >= 0.6 is 23.2 Å². The summed E-state index contributed by atoms with van der Waals surface area (Å²) in [5.41, 5.74) is 2.58. The van der Waals surface area contributed by atoms with E-state index in [1.54, 1.807) is 12.1 Å². The predicted molar refractivity (Wildman–Crippen MR) is 95.8 cm³/mol. The van der Waals surface area contributed by atoms with Crippen molar-refractivity contribution < 1.29 is 9.59 Å². The van der Waals surface area contributed by atoms with E-state index < -0.39 is 0 Å². The number of rotatable bonds is 5. The lowest BCUT2D eigenvalue weighted by atomic mass is 9.85. The highest BCUT2D eigenvalue weighted by atomic mass is 35.5. The Morgan fingerprint density at radius 1 is 1.17 bits per heavy atom. The maximum atomic E-state index is 12.7. The minimum absolute atomic E-state index is 0.00839. The second-order valence-electron chi connectivity index (χ2n) is 5.81. The summed E-state index contributed by atoms with van der Waals surface area (Å²) in [6, 6.07) is 12.8. The SMILES string of the molecule is CCN1C(=O)c2ccccc2C1[C@@H](CC=O)c1ccc(Cl)c(Cl)c1. The zero-order valence-electron chi connectivity index (χ0n) is 13.2. The lowest BCUT2D eigenvalue weighted by molar-refractivity contribution is -0.108. The molecule has 2 aromatic carbocycles. The van der Waals surface area contributed by atoms with Crippen LogP contribution in [0.4, 0.5) is 0 Å². The van der Waals surface area contributed by atoms with Crippen LogP contribution in [0.25, 0.3) is 0 Å². The van der Waals surface area contributed by atoms with Crippen molar-refractivity contribution in [2.24, 2.45) is 0 Å². The number of carbonyl (C=O) groups is 2. The Labute approximate surface area is 151 Å². The highest BCUT2D eigenvalue weighted by molar-refractivity contribution is 6.42. The first-order valence-electron chi connectivity index (χ1n) is 7.87. The van der Waals surface area contributed by atoms with Crippen molar-refractivity contribution in [1.82, 2.24) is 4.90 Å². The molecule has 0 fully saturated rings. The van der Waals surface area contributed by atoms with Gasteiger partial charge in [0.15, 0.2) is 0 Å². The summed E-state index contributed by atoms with van der Waals surface area (Å²) in [5.74, 6) is -0.154. The summed E-state index contributed by atoms with van der Waals surface area (Å²) in [5, 5.41) is 0.922. The molecule has 0 aliphatic carbocycles. The molecule has 2 aromatic rings. The fourth-order valence-electron chi connectivity index (χ4n) is 3.47. The molecule has 1 heterocycles. The summed E-state index contributed by atoms with van der Waals surface area (Å²) in [7, 11) is 0. The van der Waals surface area contributed by atoms with Crippen LogP contribution in [0.2, 0.25) is 10.0 Å². The number of amides is 1. The van der Waals surface area contributed by atoms with Crippen LogP contribution in [0, 0.1) is 0 Å². The fraction of sp³-hybridized carbons (Fsp3) is 0.263. The van der Waals surface area contributed by atoms with Crippen molar-refractivity contribution >= 4 is 35.4 Å². The van der Waals surface area contributed by atoms with Crippen molar-refractivity contribution in [3.8, 4) is 0 Å². The molecule has 0 aromatic heterocycles. The Morgan fingerprint density at radius 3 is 2.58 bits per heavy atom. The van der Waals surface area contributed by atoms with Gasteiger partial charge in [-0.1, -0.05) is 47.5 Å². The van der Waals surface area contributed by atoms with E-state index in [1.165, 1.54) is 0 Å². The lowest BCUT2D eigenvalue weighted by Crippen LogP contribution is -2.31. The molecule has 3 nitrogen and oxygen atoms in total. The predicted octanol–water partition coefficient (Wildman–Crippen LogP) is 4.88. The van der Waals surface area contributed by atoms with Gasteiger partial charge in [-0.3, -0.25) is 4.79 Å². The van der Waals surface area contributed by atoms with Crippen molar-refractivity contribution in [3.05, 3.63) is 69.2 Å². The van der Waals surface area contributed by atoms with E-state index in [1.807, 2.05) is 42.2 Å². The van der Waals surface area contributed by atoms with E-state index in [-0.39, 0.29) is 17.9 Å². The molecule has 1 aliphatic rings. The Bertz CT molecular complexity index is 791. The molecular weight excluding hydrogens is 345 g/mol. The van der Waals surface area contributed by atoms with Crippen LogP contribution in [0.15, 0.2) is 42.5 Å². The number of benzene rings is 2. The second-order valence-corrected chi connectivity index (χ2v) is 6.62. The van der Waals surface area contributed by atoms with Crippen molar-refractivity contribution in [1.29, 1.82) is 0 Å². The maximum Gasteiger partial charge on any atom is 0.254 e. The normalized spacial score (nSPS) is 17.7. The van der Waals surface area contributed by atoms with Gasteiger partial charge in [0.25, 0.3) is 5.91 Å². The molecule has 1 amide bonds. The first kappa shape index (κ1) is 17.0. The monoisotopic (exact) mass is 361 g/mol. The topological polar surface area (TPSA) is 37.4 Å². The van der Waals surface area contributed by atoms with Crippen LogP contribution < -0.4 is 0 Å². The smallest absolute Gasteiger partial charge is 0.254 e. The van der Waals surface area contributed by atoms with Gasteiger partial charge in [0, 0.05) is 24.4 Å². The molecule has 0 saturated heterocycles. The third-order valence-electron chi connectivity index (χ3n) is 4.55. The number of fused-ring (bicyclic) bond motifs is 1. The van der Waals surface area contributed by atoms with E-state index in [0.29, 0.717) is 28.6 Å². The van der Waals surface area contributed by atoms with Gasteiger partial charge in [-0.2, -0.15) is 0 Å². The number of hydrogen-bond acceptors (Lipinski definition) is 2. The summed E-state index contributed by atoms with van der Waals surface area (Å²) in [4.78, 5) is 25.8. The van der Waals surface area contributed by atoms with Gasteiger partial charge in [0.05, 0.1) is 16.1 Å². The molecule has 24 heavy (non-hydrogen) atoms. The second kappa shape index (κ2) is 6.96. The van der Waals surface area contributed by atoms with Gasteiger partial charge in [-0.05, 0) is 36.2 Å². The molecule has 1 aliphatic heterocycles. The minimum Gasteiger partial charge on any atom is -0.331 e. The highest BCUT2D eigenvalue weighted by Gasteiger charge is 2.40. The van der Waals surface area contributed by atoms with Gasteiger partial charge in [0.2, 0.25) is 0 Å². The molecule has 0 radical (unpaired) electrons. The molecule has 0 spiro atoms. The van der Waals surface area contributed by atoms with E-state index >= 15 is 0 Å². The molecule has 124 valence electrons. The molecule has 5 heteroatoms. The first-order chi connectivity index (χ1) is 11.6. The van der Waals surface area contributed by atoms with E-state index in [4.69, 9.17) is 23.2 Å². The van der Waals surface area contributed by atoms with E-state index in [9.17, 15) is 9.59 Å². The number of hydrogen-bond donors (Lipinski definition) is 0. The standard InChI is InChI=1S/C19H17Cl2NO2/c1-2-22-18(14-5-3-4-6-15(14)19(22)24)13(9-10-23)12-7-8-16(20)17(21)11-12/h3-8,10-11,13,18H,2,9H2,1H3/t13-,18?/m0/s1. The first-order valence-corrected chi connectivity index (χ1v) is 8.62. The molecule has 0 bridgehead atoms. The quantitative estimate of drug-likeness (QED) is 0.711. The Hall–Kier alpha value is -1.84. The van der Waals surface area contributed by atoms with Gasteiger partial charge in [-0.15, -0.1) is 0 Å². The Balaban J connectivity index is 2.11. The third kappa shape index (κ3) is 2.83. The average Bonchev–Trinajstić information content (AvgIpc) is 2.88. The molecule has 3 rings (SSSR count). The number of likely N-dealkylation sites (N-methyl/N-ethyl adjacent to an activating group) is 1. The van der Waals surface area contributed by atoms with Crippen LogP contribution in [0.1, 0.15) is 46.8 Å². The van der Waals surface area contributed by atoms with Gasteiger partial charge >= 0.3 is 0 Å². The maximum absolute atomic E-state index is 12.7. The molecule has 0 saturated carbocycles. The summed E-state index contributed by atoms with van der Waals surface area (Å²) >= 11 is 12.2. The van der Waals surface area contributed by atoms with E-state index in [2.05, 4.69) is 0 Å². The van der Waals surface area contributed by atoms with Crippen LogP contribution in [0.3, 0.4) is 0 Å². The molecule has 0 N–H and O–H groups in total. The van der Waals surface area contributed by atoms with Gasteiger partial charge in [0.1, 0.15) is 6.29 Å². The summed E-state index contributed by atoms with van der Waals surface area (Å²) in [6.45, 7) is 2.53. The highest BCUT2D eigenvalue weighted by Crippen LogP contribution is 2.45. The number of nitrogens with zero attached hydrogens (tertiary/aromatic N) is 1. The lowest BCUT2D eigenvalue weighted by Gasteiger charge is -2.31. The Kier molecular flexibility index (Phi) is 4.93. The van der Waals surface area contributed by atoms with Crippen LogP contribution in [-0.4, -0.2) is 23.6 Å². The third-order valence-corrected chi connectivity index (χ3v) is 5.29. The fourth-order valence-corrected chi connectivity index (χ4v) is 3.77. The zero-order valence-corrected chi connectivity index (χ0v) is 14.7. The van der Waals surface area contributed by atoms with Crippen LogP contribution in [0.5, 0.6) is 0 Å². The summed E-state index contributed by atoms with van der Waals surface area (Å²) in [6.07, 6.45) is 1.20. The molecule has 1 unspecified atom stereocenters. The number of carbonyl (C=O) groups excluding carboxylic acids is 2. The minimum atomic E-state index is -0.179. The van der Waals surface area contributed by atoms with Crippen molar-refractivity contribution in [2.75, 3.05) is 6.54 Å². The Morgan fingerprint density at radius 2 is 1.92 bits per heavy atom. The van der Waals surface area contributed by atoms with Crippen molar-refractivity contribution in [2.45, 2.75) is 25.3 Å². The molecule has 2 atom stereocenters. The summed E-state index contributed by atoms with van der Waals surface area (Å²) < 4.78 is 0. The van der Waals surface area contributed by atoms with Crippen molar-refractivity contribution in [3.63, 3.8) is 0 Å².